The Morgan fingerprint density at radius 1 is 1.07 bits per heavy atom. The van der Waals surface area contributed by atoms with Crippen LogP contribution in [0.2, 0.25) is 0 Å². The summed E-state index contributed by atoms with van der Waals surface area (Å²) in [6.45, 7) is 6.22. The zero-order valence-corrected chi connectivity index (χ0v) is 16.0. The molecule has 142 valence electrons. The fourth-order valence-electron chi connectivity index (χ4n) is 3.86. The molecule has 2 aliphatic heterocycles. The first-order chi connectivity index (χ1) is 13.4. The lowest BCUT2D eigenvalue weighted by atomic mass is 10.0. The van der Waals surface area contributed by atoms with Crippen LogP contribution in [0.1, 0.15) is 30.5 Å². The minimum atomic E-state index is 0.356. The lowest BCUT2D eigenvalue weighted by Crippen LogP contribution is -2.46. The molecule has 1 aromatic carbocycles. The van der Waals surface area contributed by atoms with Crippen LogP contribution in [0.5, 0.6) is 0 Å². The highest BCUT2D eigenvalue weighted by Crippen LogP contribution is 2.30. The maximum Gasteiger partial charge on any atom is 0.229 e. The molecule has 27 heavy (non-hydrogen) atoms. The molecular weight excluding hydrogens is 362 g/mol. The molecule has 4 heterocycles. The van der Waals surface area contributed by atoms with Gasteiger partial charge in [0.15, 0.2) is 5.82 Å². The monoisotopic (exact) mass is 385 g/mol. The van der Waals surface area contributed by atoms with Crippen LogP contribution in [0.15, 0.2) is 28.8 Å². The van der Waals surface area contributed by atoms with Crippen molar-refractivity contribution in [1.82, 2.24) is 19.4 Å². The smallest absolute Gasteiger partial charge is 0.229 e. The Labute approximate surface area is 162 Å². The first kappa shape index (κ1) is 17.1. The topological polar surface area (TPSA) is 67.5 Å². The van der Waals surface area contributed by atoms with Crippen molar-refractivity contribution in [3.63, 3.8) is 0 Å². The van der Waals surface area contributed by atoms with E-state index in [0.29, 0.717) is 5.92 Å². The lowest BCUT2D eigenvalue weighted by molar-refractivity contribution is 0.0778. The molecule has 0 unspecified atom stereocenters. The molecule has 0 N–H and O–H groups in total. The van der Waals surface area contributed by atoms with Gasteiger partial charge in [-0.15, -0.1) is 0 Å². The van der Waals surface area contributed by atoms with E-state index in [1.54, 1.807) is 11.5 Å². The van der Waals surface area contributed by atoms with Gasteiger partial charge in [-0.1, -0.05) is 17.3 Å². The Hall–Kier alpha value is -2.03. The number of hydrogen-bond acceptors (Lipinski definition) is 8. The third-order valence-electron chi connectivity index (χ3n) is 5.45. The number of rotatable bonds is 4. The summed E-state index contributed by atoms with van der Waals surface area (Å²) in [4.78, 5) is 9.42. The summed E-state index contributed by atoms with van der Waals surface area (Å²) in [5, 5.41) is 5.46. The fourth-order valence-corrected chi connectivity index (χ4v) is 4.66. The third-order valence-corrected chi connectivity index (χ3v) is 6.27. The molecule has 3 aromatic rings. The molecule has 0 amide bonds. The van der Waals surface area contributed by atoms with Gasteiger partial charge in [0.05, 0.1) is 11.2 Å². The molecule has 8 heteroatoms. The molecule has 0 spiro atoms. The van der Waals surface area contributed by atoms with E-state index in [9.17, 15) is 0 Å². The van der Waals surface area contributed by atoms with Gasteiger partial charge in [-0.25, -0.2) is 0 Å². The van der Waals surface area contributed by atoms with E-state index in [0.717, 1.165) is 76.3 Å². The van der Waals surface area contributed by atoms with E-state index in [1.807, 2.05) is 0 Å². The molecule has 0 bridgehead atoms. The van der Waals surface area contributed by atoms with Crippen LogP contribution in [-0.2, 0) is 11.3 Å². The zero-order valence-electron chi connectivity index (χ0n) is 15.2. The van der Waals surface area contributed by atoms with Gasteiger partial charge in [0.25, 0.3) is 0 Å². The predicted octanol–water partition coefficient (Wildman–Crippen LogP) is 2.90. The number of piperazine rings is 1. The first-order valence-corrected chi connectivity index (χ1v) is 10.4. The van der Waals surface area contributed by atoms with Gasteiger partial charge in [-0.3, -0.25) is 4.90 Å². The van der Waals surface area contributed by atoms with Gasteiger partial charge in [0.2, 0.25) is 5.89 Å². The summed E-state index contributed by atoms with van der Waals surface area (Å²) >= 11 is 1.58. The summed E-state index contributed by atoms with van der Waals surface area (Å²) in [5.74, 6) is 3.05. The summed E-state index contributed by atoms with van der Waals surface area (Å²) in [6, 6.07) is 8.46. The van der Waals surface area contributed by atoms with Crippen LogP contribution in [0.4, 0.5) is 5.82 Å². The predicted molar refractivity (Wildman–Crippen MR) is 104 cm³/mol. The molecule has 5 rings (SSSR count). The van der Waals surface area contributed by atoms with Crippen molar-refractivity contribution in [3.8, 4) is 0 Å². The molecule has 0 atom stereocenters. The highest BCUT2D eigenvalue weighted by atomic mass is 32.1. The molecule has 2 fully saturated rings. The van der Waals surface area contributed by atoms with Gasteiger partial charge < -0.3 is 14.2 Å². The van der Waals surface area contributed by atoms with Crippen LogP contribution in [-0.4, -0.2) is 58.8 Å². The Kier molecular flexibility index (Phi) is 4.77. The lowest BCUT2D eigenvalue weighted by Gasteiger charge is -2.34. The van der Waals surface area contributed by atoms with E-state index in [4.69, 9.17) is 9.26 Å². The van der Waals surface area contributed by atoms with Crippen molar-refractivity contribution < 1.29 is 9.26 Å². The van der Waals surface area contributed by atoms with Crippen molar-refractivity contribution in [2.45, 2.75) is 25.3 Å². The van der Waals surface area contributed by atoms with Crippen LogP contribution in [0.25, 0.3) is 10.1 Å². The largest absolute Gasteiger partial charge is 0.381 e. The molecular formula is C19H23N5O2S. The minimum absolute atomic E-state index is 0.356. The second-order valence-electron chi connectivity index (χ2n) is 7.20. The Morgan fingerprint density at radius 2 is 1.89 bits per heavy atom. The van der Waals surface area contributed by atoms with Crippen LogP contribution in [0, 0.1) is 0 Å². The standard InChI is InChI=1S/C19H23N5O2S/c1-2-4-16-15(3-1)18(22-27-16)24-9-7-23(8-10-24)13-17-20-19(26-21-17)14-5-11-25-12-6-14/h1-4,14H,5-13H2. The Bertz CT molecular complexity index is 896. The van der Waals surface area contributed by atoms with Crippen molar-refractivity contribution in [2.75, 3.05) is 44.3 Å². The van der Waals surface area contributed by atoms with Crippen LogP contribution >= 0.6 is 11.5 Å². The third kappa shape index (κ3) is 3.56. The van der Waals surface area contributed by atoms with E-state index >= 15 is 0 Å². The van der Waals surface area contributed by atoms with E-state index < -0.39 is 0 Å². The van der Waals surface area contributed by atoms with E-state index in [-0.39, 0.29) is 0 Å². The number of fused-ring (bicyclic) bond motifs is 1. The van der Waals surface area contributed by atoms with Crippen molar-refractivity contribution in [1.29, 1.82) is 0 Å². The number of anilines is 1. The van der Waals surface area contributed by atoms with E-state index in [1.165, 1.54) is 10.1 Å². The average molecular weight is 385 g/mol. The van der Waals surface area contributed by atoms with Gasteiger partial charge >= 0.3 is 0 Å². The van der Waals surface area contributed by atoms with Crippen molar-refractivity contribution in [2.24, 2.45) is 0 Å². The number of benzene rings is 1. The number of ether oxygens (including phenoxy) is 1. The Balaban J connectivity index is 1.19. The molecule has 2 aromatic heterocycles. The molecule has 2 aliphatic rings. The highest BCUT2D eigenvalue weighted by molar-refractivity contribution is 7.13. The summed E-state index contributed by atoms with van der Waals surface area (Å²) in [6.07, 6.45) is 1.95. The summed E-state index contributed by atoms with van der Waals surface area (Å²) < 4.78 is 16.9. The average Bonchev–Trinajstić information content (AvgIpc) is 3.37. The molecule has 2 saturated heterocycles. The normalized spacial score (nSPS) is 19.8. The van der Waals surface area contributed by atoms with Crippen molar-refractivity contribution in [3.05, 3.63) is 36.0 Å². The minimum Gasteiger partial charge on any atom is -0.381 e. The molecule has 0 saturated carbocycles. The SMILES string of the molecule is c1ccc2c(N3CCN(Cc4noc(C5CCOCC5)n4)CC3)nsc2c1. The maximum absolute atomic E-state index is 5.51. The molecule has 7 nitrogen and oxygen atoms in total. The van der Waals surface area contributed by atoms with E-state index in [2.05, 4.69) is 48.6 Å². The highest BCUT2D eigenvalue weighted by Gasteiger charge is 2.24. The summed E-state index contributed by atoms with van der Waals surface area (Å²) in [7, 11) is 0. The number of nitrogens with zero attached hydrogens (tertiary/aromatic N) is 5. The number of aromatic nitrogens is 3. The molecule has 0 aliphatic carbocycles. The van der Waals surface area contributed by atoms with Crippen LogP contribution < -0.4 is 4.90 Å². The van der Waals surface area contributed by atoms with Crippen LogP contribution in [0.3, 0.4) is 0 Å². The first-order valence-electron chi connectivity index (χ1n) is 9.59. The quantitative estimate of drug-likeness (QED) is 0.684. The molecule has 0 radical (unpaired) electrons. The second-order valence-corrected chi connectivity index (χ2v) is 8.01. The second kappa shape index (κ2) is 7.53. The van der Waals surface area contributed by atoms with Gasteiger partial charge in [-0.05, 0) is 36.5 Å². The zero-order chi connectivity index (χ0) is 18.1. The van der Waals surface area contributed by atoms with Gasteiger partial charge in [0, 0.05) is 50.7 Å². The van der Waals surface area contributed by atoms with Crippen molar-refractivity contribution >= 4 is 27.4 Å². The van der Waals surface area contributed by atoms with Gasteiger partial charge in [0.1, 0.15) is 5.82 Å². The number of hydrogen-bond donors (Lipinski definition) is 0. The summed E-state index contributed by atoms with van der Waals surface area (Å²) in [5.41, 5.74) is 0. The maximum atomic E-state index is 5.51. The Morgan fingerprint density at radius 3 is 2.74 bits per heavy atom. The van der Waals surface area contributed by atoms with Gasteiger partial charge in [-0.2, -0.15) is 9.36 Å². The fraction of sp³-hybridized carbons (Fsp3) is 0.526.